The van der Waals surface area contributed by atoms with E-state index < -0.39 is 0 Å². The van der Waals surface area contributed by atoms with E-state index in [4.69, 9.17) is 11.6 Å². The smallest absolute Gasteiger partial charge is 0.181 e. The maximum absolute atomic E-state index is 5.84. The highest BCUT2D eigenvalue weighted by Crippen LogP contribution is 2.18. The zero-order valence-corrected chi connectivity index (χ0v) is 7.73. The lowest BCUT2D eigenvalue weighted by Crippen LogP contribution is -1.94. The second kappa shape index (κ2) is 3.14. The molecule has 66 valence electrons. The van der Waals surface area contributed by atoms with Crippen LogP contribution in [0.3, 0.4) is 0 Å². The van der Waals surface area contributed by atoms with E-state index in [1.54, 1.807) is 11.7 Å². The van der Waals surface area contributed by atoms with Crippen LogP contribution in [-0.2, 0) is 7.05 Å². The summed E-state index contributed by atoms with van der Waals surface area (Å²) in [5, 5.41) is 11.8. The van der Waals surface area contributed by atoms with Crippen LogP contribution in [0.4, 0.5) is 0 Å². The van der Waals surface area contributed by atoms with Gasteiger partial charge in [-0.05, 0) is 22.6 Å². The molecule has 0 bridgehead atoms. The average molecular weight is 195 g/mol. The Balaban J connectivity index is 2.53. The van der Waals surface area contributed by atoms with Gasteiger partial charge in [0.05, 0.1) is 0 Å². The standard InChI is InChI=1S/C8H7ClN4/c1-13-8(10-11-12-13)6-3-2-4-7(9)5-6/h2-5H,1H3. The van der Waals surface area contributed by atoms with Crippen molar-refractivity contribution in [3.8, 4) is 11.4 Å². The van der Waals surface area contributed by atoms with Crippen LogP contribution in [-0.4, -0.2) is 20.2 Å². The molecule has 0 aliphatic rings. The molecule has 0 fully saturated rings. The molecule has 4 nitrogen and oxygen atoms in total. The number of hydrogen-bond acceptors (Lipinski definition) is 3. The molecule has 0 unspecified atom stereocenters. The summed E-state index contributed by atoms with van der Waals surface area (Å²) in [6.07, 6.45) is 0. The molecule has 0 N–H and O–H groups in total. The van der Waals surface area contributed by atoms with Crippen LogP contribution in [0, 0.1) is 0 Å². The second-order valence-corrected chi connectivity index (χ2v) is 3.07. The van der Waals surface area contributed by atoms with Gasteiger partial charge in [-0.2, -0.15) is 0 Å². The Kier molecular flexibility index (Phi) is 1.98. The minimum absolute atomic E-state index is 0.681. The van der Waals surface area contributed by atoms with Gasteiger partial charge in [-0.25, -0.2) is 4.68 Å². The number of hydrogen-bond donors (Lipinski definition) is 0. The van der Waals surface area contributed by atoms with E-state index in [0.29, 0.717) is 10.8 Å². The van der Waals surface area contributed by atoms with Crippen molar-refractivity contribution in [1.82, 2.24) is 20.2 Å². The number of aryl methyl sites for hydroxylation is 1. The van der Waals surface area contributed by atoms with Gasteiger partial charge in [-0.1, -0.05) is 23.7 Å². The first-order chi connectivity index (χ1) is 6.27. The fourth-order valence-electron chi connectivity index (χ4n) is 1.10. The summed E-state index contributed by atoms with van der Waals surface area (Å²) in [5.41, 5.74) is 0.917. The Labute approximate surface area is 80.1 Å². The maximum Gasteiger partial charge on any atom is 0.181 e. The van der Waals surface area contributed by atoms with Gasteiger partial charge in [0.25, 0.3) is 0 Å². The molecular formula is C8H7ClN4. The molecule has 0 spiro atoms. The van der Waals surface area contributed by atoms with Gasteiger partial charge in [-0.15, -0.1) is 5.10 Å². The highest BCUT2D eigenvalue weighted by Gasteiger charge is 2.04. The third-order valence-electron chi connectivity index (χ3n) is 1.70. The van der Waals surface area contributed by atoms with E-state index >= 15 is 0 Å². The predicted molar refractivity (Wildman–Crippen MR) is 49.2 cm³/mol. The molecule has 0 aliphatic carbocycles. The van der Waals surface area contributed by atoms with Crippen molar-refractivity contribution in [3.05, 3.63) is 29.3 Å². The predicted octanol–water partition coefficient (Wildman–Crippen LogP) is 1.53. The van der Waals surface area contributed by atoms with Gasteiger partial charge in [-0.3, -0.25) is 0 Å². The maximum atomic E-state index is 5.84. The minimum atomic E-state index is 0.681. The molecule has 0 aliphatic heterocycles. The van der Waals surface area contributed by atoms with Crippen LogP contribution in [0.1, 0.15) is 0 Å². The topological polar surface area (TPSA) is 43.6 Å². The number of aromatic nitrogens is 4. The summed E-state index contributed by atoms with van der Waals surface area (Å²) < 4.78 is 1.60. The summed E-state index contributed by atoms with van der Waals surface area (Å²) in [6, 6.07) is 7.42. The van der Waals surface area contributed by atoms with Gasteiger partial charge in [0, 0.05) is 17.6 Å². The molecule has 0 amide bonds. The fourth-order valence-corrected chi connectivity index (χ4v) is 1.29. The number of halogens is 1. The first-order valence-electron chi connectivity index (χ1n) is 3.75. The Bertz CT molecular complexity index is 424. The van der Waals surface area contributed by atoms with Gasteiger partial charge in [0.15, 0.2) is 5.82 Å². The van der Waals surface area contributed by atoms with Crippen LogP contribution in [0.2, 0.25) is 5.02 Å². The van der Waals surface area contributed by atoms with Crippen molar-refractivity contribution in [2.45, 2.75) is 0 Å². The van der Waals surface area contributed by atoms with Crippen molar-refractivity contribution in [2.75, 3.05) is 0 Å². The zero-order valence-electron chi connectivity index (χ0n) is 6.98. The summed E-state index contributed by atoms with van der Waals surface area (Å²) >= 11 is 5.84. The molecule has 1 aromatic carbocycles. The molecule has 13 heavy (non-hydrogen) atoms. The van der Waals surface area contributed by atoms with Gasteiger partial charge in [0.2, 0.25) is 0 Å². The third kappa shape index (κ3) is 1.53. The summed E-state index contributed by atoms with van der Waals surface area (Å²) in [6.45, 7) is 0. The fraction of sp³-hybridized carbons (Fsp3) is 0.125. The first-order valence-corrected chi connectivity index (χ1v) is 4.13. The summed E-state index contributed by atoms with van der Waals surface area (Å²) in [4.78, 5) is 0. The Morgan fingerprint density at radius 1 is 1.38 bits per heavy atom. The van der Waals surface area contributed by atoms with E-state index in [0.717, 1.165) is 5.56 Å². The molecule has 0 saturated heterocycles. The number of nitrogens with zero attached hydrogens (tertiary/aromatic N) is 4. The Morgan fingerprint density at radius 3 is 2.85 bits per heavy atom. The van der Waals surface area contributed by atoms with E-state index in [-0.39, 0.29) is 0 Å². The second-order valence-electron chi connectivity index (χ2n) is 2.64. The van der Waals surface area contributed by atoms with Crippen LogP contribution < -0.4 is 0 Å². The van der Waals surface area contributed by atoms with Crippen molar-refractivity contribution in [3.63, 3.8) is 0 Å². The van der Waals surface area contributed by atoms with E-state index in [2.05, 4.69) is 15.5 Å². The largest absolute Gasteiger partial charge is 0.229 e. The van der Waals surface area contributed by atoms with Gasteiger partial charge in [0.1, 0.15) is 0 Å². The van der Waals surface area contributed by atoms with E-state index in [1.807, 2.05) is 24.3 Å². The monoisotopic (exact) mass is 194 g/mol. The van der Waals surface area contributed by atoms with Crippen LogP contribution in [0.25, 0.3) is 11.4 Å². The number of benzene rings is 1. The molecule has 2 aromatic rings. The lowest BCUT2D eigenvalue weighted by molar-refractivity contribution is 0.714. The summed E-state index contributed by atoms with van der Waals surface area (Å²) in [7, 11) is 1.79. The molecule has 1 aromatic heterocycles. The van der Waals surface area contributed by atoms with Crippen LogP contribution >= 0.6 is 11.6 Å². The minimum Gasteiger partial charge on any atom is -0.229 e. The zero-order chi connectivity index (χ0) is 9.26. The first kappa shape index (κ1) is 8.19. The Hall–Kier alpha value is -1.42. The van der Waals surface area contributed by atoms with E-state index in [9.17, 15) is 0 Å². The molecular weight excluding hydrogens is 188 g/mol. The molecule has 5 heteroatoms. The Morgan fingerprint density at radius 2 is 2.23 bits per heavy atom. The lowest BCUT2D eigenvalue weighted by atomic mass is 10.2. The van der Waals surface area contributed by atoms with Crippen LogP contribution in [0.5, 0.6) is 0 Å². The summed E-state index contributed by atoms with van der Waals surface area (Å²) in [5.74, 6) is 0.711. The molecule has 1 heterocycles. The number of tetrazole rings is 1. The molecule has 0 saturated carbocycles. The highest BCUT2D eigenvalue weighted by molar-refractivity contribution is 6.30. The van der Waals surface area contributed by atoms with Crippen molar-refractivity contribution >= 4 is 11.6 Å². The van der Waals surface area contributed by atoms with Gasteiger partial charge < -0.3 is 0 Å². The van der Waals surface area contributed by atoms with Gasteiger partial charge >= 0.3 is 0 Å². The SMILES string of the molecule is Cn1nnnc1-c1cccc(Cl)c1. The third-order valence-corrected chi connectivity index (χ3v) is 1.94. The normalized spacial score (nSPS) is 10.3. The quantitative estimate of drug-likeness (QED) is 0.692. The molecule has 2 rings (SSSR count). The van der Waals surface area contributed by atoms with Crippen LogP contribution in [0.15, 0.2) is 24.3 Å². The van der Waals surface area contributed by atoms with E-state index in [1.165, 1.54) is 0 Å². The number of rotatable bonds is 1. The highest BCUT2D eigenvalue weighted by atomic mass is 35.5. The average Bonchev–Trinajstić information content (AvgIpc) is 2.51. The molecule has 0 atom stereocenters. The van der Waals surface area contributed by atoms with Crippen molar-refractivity contribution in [1.29, 1.82) is 0 Å². The van der Waals surface area contributed by atoms with Crippen molar-refractivity contribution in [2.24, 2.45) is 7.05 Å². The molecule has 0 radical (unpaired) electrons. The van der Waals surface area contributed by atoms with Crippen molar-refractivity contribution < 1.29 is 0 Å². The lowest BCUT2D eigenvalue weighted by Gasteiger charge is -1.98.